The van der Waals surface area contributed by atoms with Gasteiger partial charge in [-0.15, -0.1) is 0 Å². The summed E-state index contributed by atoms with van der Waals surface area (Å²) in [6, 6.07) is 10.3. The average Bonchev–Trinajstić information content (AvgIpc) is 2.58. The lowest BCUT2D eigenvalue weighted by atomic mass is 9.93. The predicted molar refractivity (Wildman–Crippen MR) is 91.3 cm³/mol. The summed E-state index contributed by atoms with van der Waals surface area (Å²) in [5.74, 6) is 0.0186. The van der Waals surface area contributed by atoms with Crippen LogP contribution >= 0.6 is 11.6 Å². The third-order valence-corrected chi connectivity index (χ3v) is 3.98. The number of fused-ring (bicyclic) bond motifs is 1. The molecule has 24 heavy (non-hydrogen) atoms. The summed E-state index contributed by atoms with van der Waals surface area (Å²) in [5, 5.41) is 2.70. The number of hydrogen-bond donors (Lipinski definition) is 1. The maximum absolute atomic E-state index is 12.2. The zero-order valence-corrected chi connectivity index (χ0v) is 13.8. The van der Waals surface area contributed by atoms with Gasteiger partial charge in [-0.25, -0.2) is 0 Å². The zero-order valence-electron chi connectivity index (χ0n) is 13.1. The second-order valence-electron chi connectivity index (χ2n) is 5.13. The second kappa shape index (κ2) is 6.37. The van der Waals surface area contributed by atoms with E-state index in [1.165, 1.54) is 14.2 Å². The van der Waals surface area contributed by atoms with Crippen molar-refractivity contribution in [2.45, 2.75) is 0 Å². The fourth-order valence-electron chi connectivity index (χ4n) is 2.61. The molecule has 3 rings (SSSR count). The SMILES string of the molecule is COc1cc(/C=C2/C(=O)NC(=O)c3ccccc32)cc(Cl)c1OC. The maximum atomic E-state index is 12.2. The van der Waals surface area contributed by atoms with Crippen molar-refractivity contribution in [1.82, 2.24) is 5.32 Å². The highest BCUT2D eigenvalue weighted by atomic mass is 35.5. The Bertz CT molecular complexity index is 873. The number of amides is 2. The molecule has 0 fully saturated rings. The van der Waals surface area contributed by atoms with E-state index in [1.807, 2.05) is 0 Å². The first-order chi connectivity index (χ1) is 11.5. The number of imide groups is 1. The van der Waals surface area contributed by atoms with Gasteiger partial charge in [-0.05, 0) is 35.4 Å². The van der Waals surface area contributed by atoms with Crippen molar-refractivity contribution in [3.63, 3.8) is 0 Å². The maximum Gasteiger partial charge on any atom is 0.258 e. The van der Waals surface area contributed by atoms with Gasteiger partial charge in [0.15, 0.2) is 11.5 Å². The van der Waals surface area contributed by atoms with Crippen LogP contribution in [0, 0.1) is 0 Å². The molecule has 1 aliphatic rings. The molecule has 0 radical (unpaired) electrons. The minimum Gasteiger partial charge on any atom is -0.493 e. The summed E-state index contributed by atoms with van der Waals surface area (Å²) in [4.78, 5) is 24.2. The zero-order chi connectivity index (χ0) is 17.3. The van der Waals surface area contributed by atoms with Gasteiger partial charge in [-0.2, -0.15) is 0 Å². The standard InChI is InChI=1S/C18H14ClNO4/c1-23-15-9-10(8-14(19)16(15)24-2)7-13-11-5-3-4-6-12(11)17(21)20-18(13)22/h3-9H,1-2H3,(H,20,21,22)/b13-7+. The summed E-state index contributed by atoms with van der Waals surface area (Å²) >= 11 is 6.20. The number of methoxy groups -OCH3 is 2. The van der Waals surface area contributed by atoms with E-state index < -0.39 is 11.8 Å². The highest BCUT2D eigenvalue weighted by Gasteiger charge is 2.26. The number of carbonyl (C=O) groups excluding carboxylic acids is 2. The van der Waals surface area contributed by atoms with Crippen LogP contribution in [0.3, 0.4) is 0 Å². The number of rotatable bonds is 3. The van der Waals surface area contributed by atoms with Crippen molar-refractivity contribution in [3.8, 4) is 11.5 Å². The lowest BCUT2D eigenvalue weighted by Gasteiger charge is -2.18. The van der Waals surface area contributed by atoms with E-state index in [1.54, 1.807) is 42.5 Å². The molecule has 0 aromatic heterocycles. The summed E-state index contributed by atoms with van der Waals surface area (Å²) in [7, 11) is 3.00. The second-order valence-corrected chi connectivity index (χ2v) is 5.53. The predicted octanol–water partition coefficient (Wildman–Crippen LogP) is 3.17. The van der Waals surface area contributed by atoms with Gasteiger partial charge in [0.1, 0.15) is 0 Å². The number of ether oxygens (including phenoxy) is 2. The van der Waals surface area contributed by atoms with Gasteiger partial charge < -0.3 is 9.47 Å². The van der Waals surface area contributed by atoms with E-state index in [0.717, 1.165) is 0 Å². The van der Waals surface area contributed by atoms with Crippen LogP contribution in [0.2, 0.25) is 5.02 Å². The smallest absolute Gasteiger partial charge is 0.258 e. The van der Waals surface area contributed by atoms with Gasteiger partial charge in [-0.1, -0.05) is 29.8 Å². The van der Waals surface area contributed by atoms with Gasteiger partial charge in [-0.3, -0.25) is 14.9 Å². The molecule has 2 aromatic rings. The van der Waals surface area contributed by atoms with Crippen molar-refractivity contribution in [1.29, 1.82) is 0 Å². The Morgan fingerprint density at radius 1 is 1.00 bits per heavy atom. The van der Waals surface area contributed by atoms with Gasteiger partial charge in [0.05, 0.1) is 19.2 Å². The van der Waals surface area contributed by atoms with Crippen LogP contribution in [0.25, 0.3) is 11.6 Å². The molecule has 0 saturated heterocycles. The summed E-state index contributed by atoms with van der Waals surface area (Å²) < 4.78 is 10.5. The first kappa shape index (κ1) is 16.1. The number of hydrogen-bond acceptors (Lipinski definition) is 4. The molecule has 0 aliphatic carbocycles. The molecule has 0 unspecified atom stereocenters. The lowest BCUT2D eigenvalue weighted by molar-refractivity contribution is -0.114. The van der Waals surface area contributed by atoms with Crippen LogP contribution < -0.4 is 14.8 Å². The van der Waals surface area contributed by atoms with E-state index in [4.69, 9.17) is 21.1 Å². The third-order valence-electron chi connectivity index (χ3n) is 3.70. The first-order valence-electron chi connectivity index (χ1n) is 7.13. The number of halogens is 1. The molecule has 0 saturated carbocycles. The van der Waals surface area contributed by atoms with Crippen LogP contribution in [-0.4, -0.2) is 26.0 Å². The molecule has 0 bridgehead atoms. The number of benzene rings is 2. The highest BCUT2D eigenvalue weighted by Crippen LogP contribution is 2.37. The Labute approximate surface area is 143 Å². The van der Waals surface area contributed by atoms with Gasteiger partial charge >= 0.3 is 0 Å². The Morgan fingerprint density at radius 2 is 1.71 bits per heavy atom. The molecule has 1 N–H and O–H groups in total. The van der Waals surface area contributed by atoms with Gasteiger partial charge in [0.25, 0.3) is 11.8 Å². The van der Waals surface area contributed by atoms with Crippen molar-refractivity contribution < 1.29 is 19.1 Å². The lowest BCUT2D eigenvalue weighted by Crippen LogP contribution is -2.36. The van der Waals surface area contributed by atoms with Crippen LogP contribution in [0.1, 0.15) is 21.5 Å². The molecule has 2 amide bonds. The largest absolute Gasteiger partial charge is 0.493 e. The minimum absolute atomic E-state index is 0.365. The van der Waals surface area contributed by atoms with Crippen LogP contribution in [0.4, 0.5) is 0 Å². The molecule has 0 atom stereocenters. The Kier molecular flexibility index (Phi) is 4.27. The monoisotopic (exact) mass is 343 g/mol. The molecule has 1 aliphatic heterocycles. The molecule has 1 heterocycles. The Hall–Kier alpha value is -2.79. The van der Waals surface area contributed by atoms with E-state index in [-0.39, 0.29) is 0 Å². The van der Waals surface area contributed by atoms with Crippen molar-refractivity contribution in [2.24, 2.45) is 0 Å². The third kappa shape index (κ3) is 2.74. The fraction of sp³-hybridized carbons (Fsp3) is 0.111. The summed E-state index contributed by atoms with van der Waals surface area (Å²) in [6.45, 7) is 0. The van der Waals surface area contributed by atoms with Crippen molar-refractivity contribution in [2.75, 3.05) is 14.2 Å². The molecular formula is C18H14ClNO4. The van der Waals surface area contributed by atoms with Crippen molar-refractivity contribution >= 4 is 35.1 Å². The summed E-state index contributed by atoms with van der Waals surface area (Å²) in [6.07, 6.45) is 1.66. The molecule has 0 spiro atoms. The van der Waals surface area contributed by atoms with Crippen LogP contribution in [0.15, 0.2) is 36.4 Å². The fourth-order valence-corrected chi connectivity index (χ4v) is 2.90. The van der Waals surface area contributed by atoms with Gasteiger partial charge in [0, 0.05) is 11.1 Å². The normalized spacial score (nSPS) is 15.0. The molecule has 6 heteroatoms. The topological polar surface area (TPSA) is 64.6 Å². The van der Waals surface area contributed by atoms with Crippen LogP contribution in [-0.2, 0) is 4.79 Å². The molecule has 122 valence electrons. The quantitative estimate of drug-likeness (QED) is 0.686. The van der Waals surface area contributed by atoms with E-state index >= 15 is 0 Å². The Balaban J connectivity index is 2.15. The Morgan fingerprint density at radius 3 is 2.38 bits per heavy atom. The molecule has 5 nitrogen and oxygen atoms in total. The molecular weight excluding hydrogens is 330 g/mol. The highest BCUT2D eigenvalue weighted by molar-refractivity contribution is 6.34. The first-order valence-corrected chi connectivity index (χ1v) is 7.51. The molecule has 2 aromatic carbocycles. The minimum atomic E-state index is -0.454. The van der Waals surface area contributed by atoms with E-state index in [0.29, 0.717) is 38.8 Å². The average molecular weight is 344 g/mol. The number of nitrogens with one attached hydrogen (secondary N) is 1. The van der Waals surface area contributed by atoms with E-state index in [2.05, 4.69) is 5.32 Å². The van der Waals surface area contributed by atoms with Gasteiger partial charge in [0.2, 0.25) is 0 Å². The van der Waals surface area contributed by atoms with Crippen LogP contribution in [0.5, 0.6) is 11.5 Å². The van der Waals surface area contributed by atoms with E-state index in [9.17, 15) is 9.59 Å². The van der Waals surface area contributed by atoms with Crippen molar-refractivity contribution in [3.05, 3.63) is 58.1 Å². The summed E-state index contributed by atoms with van der Waals surface area (Å²) in [5.41, 5.74) is 2.08. The number of carbonyl (C=O) groups is 2.